The molecule has 1 atom stereocenters. The minimum Gasteiger partial charge on any atom is -0.508 e. The Labute approximate surface area is 143 Å². The number of hydrogen-bond acceptors (Lipinski definition) is 6. The first-order valence-electron chi connectivity index (χ1n) is 7.75. The molecule has 2 aromatic rings. The Bertz CT molecular complexity index is 720. The van der Waals surface area contributed by atoms with E-state index in [0.717, 1.165) is 12.8 Å². The maximum absolute atomic E-state index is 12.5. The van der Waals surface area contributed by atoms with Crippen LogP contribution in [0.2, 0.25) is 0 Å². The molecule has 0 unspecified atom stereocenters. The molecule has 1 fully saturated rings. The number of carbonyl (C=O) groups excluding carboxylic acids is 2. The van der Waals surface area contributed by atoms with Crippen LogP contribution >= 0.6 is 11.3 Å². The average molecular weight is 346 g/mol. The van der Waals surface area contributed by atoms with Gasteiger partial charge in [-0.05, 0) is 18.9 Å². The second-order valence-corrected chi connectivity index (χ2v) is 6.55. The zero-order chi connectivity index (χ0) is 16.9. The van der Waals surface area contributed by atoms with Crippen LogP contribution < -0.4 is 5.32 Å². The zero-order valence-corrected chi connectivity index (χ0v) is 13.8. The van der Waals surface area contributed by atoms with Gasteiger partial charge >= 0.3 is 0 Å². The number of aromatic hydroxyl groups is 1. The van der Waals surface area contributed by atoms with E-state index in [4.69, 9.17) is 0 Å². The molecule has 0 spiro atoms. The number of nitrogens with zero attached hydrogens (tertiary/aromatic N) is 3. The number of nitrogens with one attached hydrogen (secondary N) is 1. The maximum Gasteiger partial charge on any atom is 0.231 e. The van der Waals surface area contributed by atoms with Crippen molar-refractivity contribution in [1.82, 2.24) is 15.1 Å². The summed E-state index contributed by atoms with van der Waals surface area (Å²) in [5, 5.41) is 20.5. The molecule has 1 aliphatic heterocycles. The van der Waals surface area contributed by atoms with E-state index in [0.29, 0.717) is 23.8 Å². The van der Waals surface area contributed by atoms with Crippen LogP contribution in [0.25, 0.3) is 0 Å². The Kier molecular flexibility index (Phi) is 5.05. The van der Waals surface area contributed by atoms with Crippen LogP contribution in [0.3, 0.4) is 0 Å². The number of likely N-dealkylation sites (tertiary alicyclic amines) is 1. The van der Waals surface area contributed by atoms with Crippen molar-refractivity contribution in [2.24, 2.45) is 5.92 Å². The van der Waals surface area contributed by atoms with Crippen LogP contribution in [0.5, 0.6) is 5.75 Å². The molecule has 7 nitrogen and oxygen atoms in total. The Morgan fingerprint density at radius 1 is 1.38 bits per heavy atom. The van der Waals surface area contributed by atoms with Gasteiger partial charge in [0, 0.05) is 18.7 Å². The van der Waals surface area contributed by atoms with Gasteiger partial charge in [0.2, 0.25) is 16.9 Å². The van der Waals surface area contributed by atoms with E-state index < -0.39 is 0 Å². The number of para-hydroxylation sites is 1. The number of amides is 2. The zero-order valence-electron chi connectivity index (χ0n) is 13.0. The standard InChI is InChI=1S/C16H18N4O3S/c21-13-6-2-1-4-11(13)8-14(22)20-7-3-5-12(9-20)15(23)18-16-19-17-10-24-16/h1-2,4,6,10,12,21H,3,5,7-9H2,(H,18,19,23)/t12-/m0/s1. The molecule has 1 aromatic carbocycles. The lowest BCUT2D eigenvalue weighted by atomic mass is 9.96. The first-order chi connectivity index (χ1) is 11.6. The van der Waals surface area contributed by atoms with Crippen molar-refractivity contribution in [2.45, 2.75) is 19.3 Å². The van der Waals surface area contributed by atoms with Crippen LogP contribution in [0.4, 0.5) is 5.13 Å². The second kappa shape index (κ2) is 7.39. The number of phenolic OH excluding ortho intramolecular Hbond substituents is 1. The van der Waals surface area contributed by atoms with Gasteiger partial charge in [0.15, 0.2) is 0 Å². The molecule has 1 saturated heterocycles. The van der Waals surface area contributed by atoms with E-state index in [1.807, 2.05) is 0 Å². The summed E-state index contributed by atoms with van der Waals surface area (Å²) in [5.74, 6) is -0.346. The summed E-state index contributed by atoms with van der Waals surface area (Å²) in [6.45, 7) is 1.02. The van der Waals surface area contributed by atoms with Crippen LogP contribution in [-0.4, -0.2) is 45.1 Å². The van der Waals surface area contributed by atoms with Crippen molar-refractivity contribution in [3.8, 4) is 5.75 Å². The van der Waals surface area contributed by atoms with Gasteiger partial charge in [0.1, 0.15) is 11.3 Å². The fourth-order valence-electron chi connectivity index (χ4n) is 2.79. The minimum atomic E-state index is -0.254. The third kappa shape index (κ3) is 3.88. The number of carbonyl (C=O) groups is 2. The molecule has 0 saturated carbocycles. The molecule has 1 aromatic heterocycles. The Hall–Kier alpha value is -2.48. The average Bonchev–Trinajstić information content (AvgIpc) is 3.10. The van der Waals surface area contributed by atoms with E-state index in [2.05, 4.69) is 15.5 Å². The third-order valence-corrected chi connectivity index (χ3v) is 4.68. The highest BCUT2D eigenvalue weighted by molar-refractivity contribution is 7.13. The second-order valence-electron chi connectivity index (χ2n) is 5.72. The summed E-state index contributed by atoms with van der Waals surface area (Å²) in [7, 11) is 0. The van der Waals surface area contributed by atoms with Crippen LogP contribution in [-0.2, 0) is 16.0 Å². The summed E-state index contributed by atoms with van der Waals surface area (Å²) in [4.78, 5) is 26.5. The SMILES string of the molecule is O=C(Nc1nncs1)[C@H]1CCCN(C(=O)Cc2ccccc2O)C1. The molecule has 2 N–H and O–H groups in total. The van der Waals surface area contributed by atoms with Gasteiger partial charge in [0.05, 0.1) is 12.3 Å². The predicted molar refractivity (Wildman–Crippen MR) is 89.7 cm³/mol. The van der Waals surface area contributed by atoms with Gasteiger partial charge in [-0.25, -0.2) is 0 Å². The molecule has 3 rings (SSSR count). The first kappa shape index (κ1) is 16.4. The Morgan fingerprint density at radius 2 is 2.21 bits per heavy atom. The molecule has 2 amide bonds. The van der Waals surface area contributed by atoms with Crippen molar-refractivity contribution in [3.63, 3.8) is 0 Å². The van der Waals surface area contributed by atoms with E-state index in [-0.39, 0.29) is 29.9 Å². The van der Waals surface area contributed by atoms with Crippen molar-refractivity contribution in [1.29, 1.82) is 0 Å². The summed E-state index contributed by atoms with van der Waals surface area (Å²) >= 11 is 1.26. The Balaban J connectivity index is 1.59. The number of anilines is 1. The highest BCUT2D eigenvalue weighted by Crippen LogP contribution is 2.22. The summed E-state index contributed by atoms with van der Waals surface area (Å²) < 4.78 is 0. The van der Waals surface area contributed by atoms with Gasteiger partial charge < -0.3 is 15.3 Å². The van der Waals surface area contributed by atoms with E-state index in [1.165, 1.54) is 11.3 Å². The maximum atomic E-state index is 12.5. The lowest BCUT2D eigenvalue weighted by Crippen LogP contribution is -2.44. The number of rotatable bonds is 4. The number of piperidine rings is 1. The van der Waals surface area contributed by atoms with Crippen molar-refractivity contribution < 1.29 is 14.7 Å². The Morgan fingerprint density at radius 3 is 2.96 bits per heavy atom. The highest BCUT2D eigenvalue weighted by Gasteiger charge is 2.29. The molecule has 0 aliphatic carbocycles. The highest BCUT2D eigenvalue weighted by atomic mass is 32.1. The van der Waals surface area contributed by atoms with E-state index in [9.17, 15) is 14.7 Å². The minimum absolute atomic E-state index is 0.0788. The van der Waals surface area contributed by atoms with Crippen molar-refractivity contribution >= 4 is 28.3 Å². The molecular weight excluding hydrogens is 328 g/mol. The van der Waals surface area contributed by atoms with Gasteiger partial charge in [-0.3, -0.25) is 9.59 Å². The molecule has 0 radical (unpaired) electrons. The van der Waals surface area contributed by atoms with E-state index in [1.54, 1.807) is 34.7 Å². The van der Waals surface area contributed by atoms with Crippen molar-refractivity contribution in [3.05, 3.63) is 35.3 Å². The molecule has 0 bridgehead atoms. The predicted octanol–water partition coefficient (Wildman–Crippen LogP) is 1.66. The first-order valence-corrected chi connectivity index (χ1v) is 8.63. The number of aromatic nitrogens is 2. The fraction of sp³-hybridized carbons (Fsp3) is 0.375. The number of phenols is 1. The van der Waals surface area contributed by atoms with Crippen LogP contribution in [0, 0.1) is 5.92 Å². The molecular formula is C16H18N4O3S. The summed E-state index contributed by atoms with van der Waals surface area (Å²) in [5.41, 5.74) is 2.15. The number of hydrogen-bond donors (Lipinski definition) is 2. The molecule has 126 valence electrons. The molecule has 8 heteroatoms. The molecule has 1 aliphatic rings. The fourth-order valence-corrected chi connectivity index (χ4v) is 3.24. The monoisotopic (exact) mass is 346 g/mol. The normalized spacial score (nSPS) is 17.5. The van der Waals surface area contributed by atoms with E-state index >= 15 is 0 Å². The van der Waals surface area contributed by atoms with Gasteiger partial charge in [0.25, 0.3) is 0 Å². The molecule has 24 heavy (non-hydrogen) atoms. The van der Waals surface area contributed by atoms with Crippen molar-refractivity contribution in [2.75, 3.05) is 18.4 Å². The number of benzene rings is 1. The van der Waals surface area contributed by atoms with Crippen LogP contribution in [0.15, 0.2) is 29.8 Å². The third-order valence-electron chi connectivity index (χ3n) is 4.07. The van der Waals surface area contributed by atoms with Crippen LogP contribution in [0.1, 0.15) is 18.4 Å². The van der Waals surface area contributed by atoms with Gasteiger partial charge in [-0.1, -0.05) is 29.5 Å². The molecule has 2 heterocycles. The van der Waals surface area contributed by atoms with Gasteiger partial charge in [-0.15, -0.1) is 10.2 Å². The summed E-state index contributed by atoms with van der Waals surface area (Å²) in [6, 6.07) is 6.81. The lowest BCUT2D eigenvalue weighted by Gasteiger charge is -2.32. The smallest absolute Gasteiger partial charge is 0.231 e. The quantitative estimate of drug-likeness (QED) is 0.878. The summed E-state index contributed by atoms with van der Waals surface area (Å²) in [6.07, 6.45) is 1.66. The lowest BCUT2D eigenvalue weighted by molar-refractivity contribution is -0.134. The van der Waals surface area contributed by atoms with Gasteiger partial charge in [-0.2, -0.15) is 0 Å². The topological polar surface area (TPSA) is 95.4 Å². The largest absolute Gasteiger partial charge is 0.508 e.